The Labute approximate surface area is 162 Å². The number of nitrogens with zero attached hydrogens (tertiary/aromatic N) is 2. The first-order chi connectivity index (χ1) is 13.4. The van der Waals surface area contributed by atoms with Crippen molar-refractivity contribution in [3.8, 4) is 5.75 Å². The van der Waals surface area contributed by atoms with Crippen LogP contribution in [0.3, 0.4) is 0 Å². The fourth-order valence-electron chi connectivity index (χ4n) is 3.01. The topological polar surface area (TPSA) is 84.7 Å². The van der Waals surface area contributed by atoms with Crippen LogP contribution in [0.5, 0.6) is 5.75 Å². The molecule has 0 saturated heterocycles. The highest BCUT2D eigenvalue weighted by Gasteiger charge is 2.11. The van der Waals surface area contributed by atoms with Crippen molar-refractivity contribution in [1.29, 1.82) is 0 Å². The number of carbonyl (C=O) groups is 1. The van der Waals surface area contributed by atoms with E-state index in [0.29, 0.717) is 12.2 Å². The minimum absolute atomic E-state index is 0.0565. The fourth-order valence-corrected chi connectivity index (χ4v) is 3.01. The van der Waals surface area contributed by atoms with Crippen LogP contribution in [0, 0.1) is 10.1 Å². The number of fused-ring (bicyclic) bond motifs is 1. The summed E-state index contributed by atoms with van der Waals surface area (Å²) < 4.78 is 5.24. The number of rotatable bonds is 7. The van der Waals surface area contributed by atoms with E-state index in [1.54, 1.807) is 19.2 Å². The zero-order valence-corrected chi connectivity index (χ0v) is 15.7. The molecular weight excluding hydrogens is 358 g/mol. The van der Waals surface area contributed by atoms with E-state index in [4.69, 9.17) is 4.74 Å². The summed E-state index contributed by atoms with van der Waals surface area (Å²) >= 11 is 0. The molecule has 0 heterocycles. The summed E-state index contributed by atoms with van der Waals surface area (Å²) in [6, 6.07) is 18.0. The maximum absolute atomic E-state index is 12.2. The van der Waals surface area contributed by atoms with E-state index < -0.39 is 4.92 Å². The molecule has 0 fully saturated rings. The zero-order chi connectivity index (χ0) is 20.1. The Morgan fingerprint density at radius 1 is 1.11 bits per heavy atom. The molecule has 0 saturated carbocycles. The van der Waals surface area contributed by atoms with Crippen LogP contribution in [0.2, 0.25) is 0 Å². The van der Waals surface area contributed by atoms with Gasteiger partial charge in [0, 0.05) is 24.4 Å². The molecule has 0 atom stereocenters. The number of hydrogen-bond acceptors (Lipinski definition) is 5. The van der Waals surface area contributed by atoms with Crippen molar-refractivity contribution in [2.75, 3.05) is 26.0 Å². The van der Waals surface area contributed by atoms with E-state index >= 15 is 0 Å². The molecule has 1 amide bonds. The molecule has 0 bridgehead atoms. The maximum atomic E-state index is 12.2. The molecule has 0 radical (unpaired) electrons. The lowest BCUT2D eigenvalue weighted by Gasteiger charge is -2.17. The van der Waals surface area contributed by atoms with Crippen molar-refractivity contribution in [1.82, 2.24) is 4.90 Å². The highest BCUT2D eigenvalue weighted by Crippen LogP contribution is 2.22. The van der Waals surface area contributed by atoms with E-state index in [0.717, 1.165) is 22.1 Å². The van der Waals surface area contributed by atoms with E-state index in [1.165, 1.54) is 12.1 Å². The number of likely N-dealkylation sites (N-methyl/N-ethyl adjacent to an activating group) is 1. The lowest BCUT2D eigenvalue weighted by molar-refractivity contribution is -0.384. The lowest BCUT2D eigenvalue weighted by atomic mass is 10.1. The number of benzene rings is 3. The second-order valence-electron chi connectivity index (χ2n) is 6.58. The van der Waals surface area contributed by atoms with Crippen molar-refractivity contribution >= 4 is 28.1 Å². The van der Waals surface area contributed by atoms with Crippen LogP contribution >= 0.6 is 0 Å². The number of anilines is 1. The Morgan fingerprint density at radius 2 is 1.86 bits per heavy atom. The average Bonchev–Trinajstić information content (AvgIpc) is 2.67. The molecule has 0 spiro atoms. The quantitative estimate of drug-likeness (QED) is 0.498. The molecule has 0 aliphatic heterocycles. The number of carbonyl (C=O) groups excluding carboxylic acids is 1. The minimum atomic E-state index is -0.489. The van der Waals surface area contributed by atoms with E-state index in [9.17, 15) is 14.9 Å². The Kier molecular flexibility index (Phi) is 5.86. The van der Waals surface area contributed by atoms with E-state index in [2.05, 4.69) is 11.4 Å². The first-order valence-corrected chi connectivity index (χ1v) is 8.74. The Bertz CT molecular complexity index is 1020. The number of nitrogens with one attached hydrogen (secondary N) is 1. The number of nitro groups is 1. The molecule has 7 nitrogen and oxygen atoms in total. The first kappa shape index (κ1) is 19.3. The predicted octanol–water partition coefficient (Wildman–Crippen LogP) is 3.83. The second kappa shape index (κ2) is 8.49. The van der Waals surface area contributed by atoms with Crippen LogP contribution in [-0.2, 0) is 11.3 Å². The second-order valence-corrected chi connectivity index (χ2v) is 6.58. The summed E-state index contributed by atoms with van der Waals surface area (Å²) in [7, 11) is 3.49. The van der Waals surface area contributed by atoms with Gasteiger partial charge in [0.25, 0.3) is 5.69 Å². The van der Waals surface area contributed by atoms with Crippen molar-refractivity contribution in [3.05, 3.63) is 76.3 Å². The predicted molar refractivity (Wildman–Crippen MR) is 109 cm³/mol. The fraction of sp³-hybridized carbons (Fsp3) is 0.190. The van der Waals surface area contributed by atoms with Gasteiger partial charge in [0.15, 0.2) is 0 Å². The van der Waals surface area contributed by atoms with Gasteiger partial charge in [-0.2, -0.15) is 0 Å². The van der Waals surface area contributed by atoms with Gasteiger partial charge in [-0.1, -0.05) is 24.3 Å². The Morgan fingerprint density at radius 3 is 2.61 bits per heavy atom. The van der Waals surface area contributed by atoms with Crippen LogP contribution in [-0.4, -0.2) is 36.4 Å². The average molecular weight is 379 g/mol. The van der Waals surface area contributed by atoms with Crippen LogP contribution in [0.25, 0.3) is 10.8 Å². The molecule has 7 heteroatoms. The van der Waals surface area contributed by atoms with Gasteiger partial charge < -0.3 is 10.1 Å². The summed E-state index contributed by atoms with van der Waals surface area (Å²) in [5.41, 5.74) is 1.44. The number of hydrogen-bond donors (Lipinski definition) is 1. The molecule has 0 aromatic heterocycles. The number of non-ortho nitro benzene ring substituents is 1. The first-order valence-electron chi connectivity index (χ1n) is 8.74. The Balaban J connectivity index is 1.61. The third-order valence-corrected chi connectivity index (χ3v) is 4.32. The van der Waals surface area contributed by atoms with Gasteiger partial charge in [0.1, 0.15) is 5.75 Å². The number of amides is 1. The SMILES string of the molecule is COc1ccc2cc(CN(C)CC(=O)Nc3cccc([N+](=O)[O-])c3)ccc2c1. The van der Waals surface area contributed by atoms with Crippen molar-refractivity contribution in [2.45, 2.75) is 6.54 Å². The molecule has 1 N–H and O–H groups in total. The number of nitro benzene ring substituents is 1. The smallest absolute Gasteiger partial charge is 0.271 e. The molecule has 3 rings (SSSR count). The van der Waals surface area contributed by atoms with Gasteiger partial charge in [0.2, 0.25) is 5.91 Å². The van der Waals surface area contributed by atoms with Gasteiger partial charge in [-0.05, 0) is 47.6 Å². The number of methoxy groups -OCH3 is 1. The third kappa shape index (κ3) is 4.83. The largest absolute Gasteiger partial charge is 0.497 e. The highest BCUT2D eigenvalue weighted by molar-refractivity contribution is 5.92. The number of ether oxygens (including phenoxy) is 1. The normalized spacial score (nSPS) is 10.8. The summed E-state index contributed by atoms with van der Waals surface area (Å²) in [5, 5.41) is 15.7. The maximum Gasteiger partial charge on any atom is 0.271 e. The molecule has 0 aliphatic carbocycles. The molecule has 144 valence electrons. The molecule has 0 unspecified atom stereocenters. The minimum Gasteiger partial charge on any atom is -0.497 e. The molecule has 0 aliphatic rings. The molecule has 28 heavy (non-hydrogen) atoms. The summed E-state index contributed by atoms with van der Waals surface area (Å²) in [5.74, 6) is 0.587. The van der Waals surface area contributed by atoms with Crippen molar-refractivity contribution in [3.63, 3.8) is 0 Å². The van der Waals surface area contributed by atoms with E-state index in [-0.39, 0.29) is 18.1 Å². The van der Waals surface area contributed by atoms with Crippen LogP contribution < -0.4 is 10.1 Å². The molecular formula is C21H21N3O4. The molecule has 3 aromatic carbocycles. The highest BCUT2D eigenvalue weighted by atomic mass is 16.6. The lowest BCUT2D eigenvalue weighted by Crippen LogP contribution is -2.29. The summed E-state index contributed by atoms with van der Waals surface area (Å²) in [4.78, 5) is 24.5. The van der Waals surface area contributed by atoms with Gasteiger partial charge in [-0.15, -0.1) is 0 Å². The van der Waals surface area contributed by atoms with Crippen LogP contribution in [0.1, 0.15) is 5.56 Å². The standard InChI is InChI=1S/C21H21N3O4/c1-23(14-21(25)22-18-4-3-5-19(12-18)24(26)27)13-15-6-7-17-11-20(28-2)9-8-16(17)10-15/h3-12H,13-14H2,1-2H3,(H,22,25). The van der Waals surface area contributed by atoms with Crippen LogP contribution in [0.15, 0.2) is 60.7 Å². The third-order valence-electron chi connectivity index (χ3n) is 4.32. The van der Waals surface area contributed by atoms with Gasteiger partial charge in [-0.3, -0.25) is 19.8 Å². The Hall–Kier alpha value is -3.45. The van der Waals surface area contributed by atoms with Gasteiger partial charge in [-0.25, -0.2) is 0 Å². The van der Waals surface area contributed by atoms with Crippen LogP contribution in [0.4, 0.5) is 11.4 Å². The summed E-state index contributed by atoms with van der Waals surface area (Å²) in [6.07, 6.45) is 0. The van der Waals surface area contributed by atoms with Crippen molar-refractivity contribution in [2.24, 2.45) is 0 Å². The van der Waals surface area contributed by atoms with Crippen molar-refractivity contribution < 1.29 is 14.5 Å². The van der Waals surface area contributed by atoms with Gasteiger partial charge >= 0.3 is 0 Å². The van der Waals surface area contributed by atoms with E-state index in [1.807, 2.05) is 42.3 Å². The zero-order valence-electron chi connectivity index (χ0n) is 15.7. The summed E-state index contributed by atoms with van der Waals surface area (Å²) in [6.45, 7) is 0.771. The molecule has 3 aromatic rings. The monoisotopic (exact) mass is 379 g/mol. The van der Waals surface area contributed by atoms with Gasteiger partial charge in [0.05, 0.1) is 18.6 Å².